The topological polar surface area (TPSA) is 68.4 Å². The van der Waals surface area contributed by atoms with E-state index in [1.807, 2.05) is 26.0 Å². The van der Waals surface area contributed by atoms with E-state index in [0.717, 1.165) is 5.56 Å². The number of ether oxygens (including phenoxy) is 1. The van der Waals surface area contributed by atoms with Gasteiger partial charge in [-0.1, -0.05) is 29.0 Å². The number of aryl methyl sites for hydroxylation is 2. The molecule has 2 aromatic rings. The van der Waals surface area contributed by atoms with E-state index in [0.29, 0.717) is 30.1 Å². The van der Waals surface area contributed by atoms with Gasteiger partial charge in [-0.2, -0.15) is 0 Å². The van der Waals surface area contributed by atoms with Gasteiger partial charge < -0.3 is 14.3 Å². The van der Waals surface area contributed by atoms with Crippen molar-refractivity contribution in [3.63, 3.8) is 0 Å². The zero-order valence-corrected chi connectivity index (χ0v) is 12.4. The Bertz CT molecular complexity index is 537. The second-order valence-electron chi connectivity index (χ2n) is 4.43. The molecule has 1 N–H and O–H groups in total. The fraction of sp³-hybridized carbons (Fsp3) is 0.429. The standard InChI is InChI=1S/C14H18N2O3S/c1-10-7-11(2)9-12(8-10)13-15-16-14(19-13)20-6-5-18-4-3-17/h7-9,17H,3-6H2,1-2H3. The SMILES string of the molecule is Cc1cc(C)cc(-c2nnc(SCCOCCO)o2)c1. The number of hydrogen-bond acceptors (Lipinski definition) is 6. The van der Waals surface area contributed by atoms with E-state index in [1.165, 1.54) is 22.9 Å². The molecular weight excluding hydrogens is 276 g/mol. The Morgan fingerprint density at radius 2 is 1.90 bits per heavy atom. The molecule has 2 rings (SSSR count). The normalized spacial score (nSPS) is 10.9. The van der Waals surface area contributed by atoms with E-state index in [4.69, 9.17) is 14.3 Å². The van der Waals surface area contributed by atoms with Crippen LogP contribution in [0.5, 0.6) is 0 Å². The van der Waals surface area contributed by atoms with Gasteiger partial charge in [0.05, 0.1) is 19.8 Å². The molecule has 0 amide bonds. The third-order valence-electron chi connectivity index (χ3n) is 2.56. The van der Waals surface area contributed by atoms with E-state index in [-0.39, 0.29) is 6.61 Å². The lowest BCUT2D eigenvalue weighted by molar-refractivity contribution is 0.103. The van der Waals surface area contributed by atoms with Crippen LogP contribution in [0.2, 0.25) is 0 Å². The monoisotopic (exact) mass is 294 g/mol. The maximum Gasteiger partial charge on any atom is 0.276 e. The highest BCUT2D eigenvalue weighted by Crippen LogP contribution is 2.24. The number of rotatable bonds is 7. The Hall–Kier alpha value is -1.37. The lowest BCUT2D eigenvalue weighted by Crippen LogP contribution is -2.02. The lowest BCUT2D eigenvalue weighted by Gasteiger charge is -2.00. The molecule has 1 aromatic heterocycles. The van der Waals surface area contributed by atoms with Crippen LogP contribution in [-0.4, -0.2) is 40.9 Å². The van der Waals surface area contributed by atoms with Crippen molar-refractivity contribution in [1.29, 1.82) is 0 Å². The highest BCUT2D eigenvalue weighted by molar-refractivity contribution is 7.99. The minimum absolute atomic E-state index is 0.0437. The van der Waals surface area contributed by atoms with Gasteiger partial charge in [-0.3, -0.25) is 0 Å². The van der Waals surface area contributed by atoms with Gasteiger partial charge >= 0.3 is 0 Å². The summed E-state index contributed by atoms with van der Waals surface area (Å²) in [5, 5.41) is 17.2. The summed E-state index contributed by atoms with van der Waals surface area (Å²) in [6, 6.07) is 6.16. The molecule has 108 valence electrons. The molecule has 0 aliphatic carbocycles. The van der Waals surface area contributed by atoms with Crippen molar-refractivity contribution in [1.82, 2.24) is 10.2 Å². The molecule has 0 aliphatic heterocycles. The number of thioether (sulfide) groups is 1. The average Bonchev–Trinajstić information content (AvgIpc) is 2.86. The predicted octanol–water partition coefficient (Wildman–Crippen LogP) is 2.45. The molecule has 0 unspecified atom stereocenters. The van der Waals surface area contributed by atoms with Crippen LogP contribution < -0.4 is 0 Å². The molecule has 5 nitrogen and oxygen atoms in total. The van der Waals surface area contributed by atoms with Gasteiger partial charge in [0.1, 0.15) is 0 Å². The smallest absolute Gasteiger partial charge is 0.276 e. The number of aromatic nitrogens is 2. The fourth-order valence-corrected chi connectivity index (χ4v) is 2.45. The molecule has 0 radical (unpaired) electrons. The van der Waals surface area contributed by atoms with Gasteiger partial charge in [-0.25, -0.2) is 0 Å². The van der Waals surface area contributed by atoms with Crippen molar-refractivity contribution in [3.8, 4) is 11.5 Å². The zero-order valence-electron chi connectivity index (χ0n) is 11.6. The molecule has 0 spiro atoms. The number of benzene rings is 1. The second kappa shape index (κ2) is 7.42. The Labute approximate surface area is 122 Å². The molecule has 0 atom stereocenters. The van der Waals surface area contributed by atoms with Gasteiger partial charge in [0.15, 0.2) is 0 Å². The van der Waals surface area contributed by atoms with Gasteiger partial charge in [-0.05, 0) is 26.0 Å². The van der Waals surface area contributed by atoms with Crippen LogP contribution in [0.3, 0.4) is 0 Å². The van der Waals surface area contributed by atoms with Crippen molar-refractivity contribution in [3.05, 3.63) is 29.3 Å². The Kier molecular flexibility index (Phi) is 5.58. The van der Waals surface area contributed by atoms with Crippen LogP contribution in [0, 0.1) is 13.8 Å². The summed E-state index contributed by atoms with van der Waals surface area (Å²) < 4.78 is 10.8. The molecule has 0 saturated carbocycles. The number of nitrogens with zero attached hydrogens (tertiary/aromatic N) is 2. The van der Waals surface area contributed by atoms with E-state index in [9.17, 15) is 0 Å². The lowest BCUT2D eigenvalue weighted by atomic mass is 10.1. The van der Waals surface area contributed by atoms with Crippen LogP contribution in [-0.2, 0) is 4.74 Å². The van der Waals surface area contributed by atoms with Crippen LogP contribution in [0.1, 0.15) is 11.1 Å². The van der Waals surface area contributed by atoms with Crippen LogP contribution in [0.15, 0.2) is 27.8 Å². The largest absolute Gasteiger partial charge is 0.411 e. The van der Waals surface area contributed by atoms with E-state index in [2.05, 4.69) is 16.3 Å². The molecule has 6 heteroatoms. The maximum absolute atomic E-state index is 8.58. The quantitative estimate of drug-likeness (QED) is 0.625. The Morgan fingerprint density at radius 1 is 1.15 bits per heavy atom. The number of hydrogen-bond donors (Lipinski definition) is 1. The summed E-state index contributed by atoms with van der Waals surface area (Å²) in [6.45, 7) is 5.04. The summed E-state index contributed by atoms with van der Waals surface area (Å²) in [4.78, 5) is 0. The van der Waals surface area contributed by atoms with Gasteiger partial charge in [0.25, 0.3) is 5.22 Å². The molecule has 0 bridgehead atoms. The number of aliphatic hydroxyl groups excluding tert-OH is 1. The summed E-state index contributed by atoms with van der Waals surface area (Å²) >= 11 is 1.45. The van der Waals surface area contributed by atoms with E-state index < -0.39 is 0 Å². The molecule has 20 heavy (non-hydrogen) atoms. The van der Waals surface area contributed by atoms with Crippen molar-refractivity contribution in [2.75, 3.05) is 25.6 Å². The predicted molar refractivity (Wildman–Crippen MR) is 77.8 cm³/mol. The van der Waals surface area contributed by atoms with Crippen molar-refractivity contribution in [2.24, 2.45) is 0 Å². The molecule has 0 fully saturated rings. The average molecular weight is 294 g/mol. The minimum atomic E-state index is 0.0437. The molecule has 0 saturated heterocycles. The van der Waals surface area contributed by atoms with Gasteiger partial charge in [0, 0.05) is 11.3 Å². The molecule has 0 aliphatic rings. The maximum atomic E-state index is 8.58. The van der Waals surface area contributed by atoms with Crippen LogP contribution in [0.25, 0.3) is 11.5 Å². The fourth-order valence-electron chi connectivity index (χ4n) is 1.84. The highest BCUT2D eigenvalue weighted by atomic mass is 32.2. The second-order valence-corrected chi connectivity index (χ2v) is 5.48. The van der Waals surface area contributed by atoms with Crippen molar-refractivity contribution >= 4 is 11.8 Å². The summed E-state index contributed by atoms with van der Waals surface area (Å²) in [5.74, 6) is 1.25. The summed E-state index contributed by atoms with van der Waals surface area (Å²) in [7, 11) is 0. The van der Waals surface area contributed by atoms with Gasteiger partial charge in [-0.15, -0.1) is 10.2 Å². The zero-order chi connectivity index (χ0) is 14.4. The van der Waals surface area contributed by atoms with E-state index in [1.54, 1.807) is 0 Å². The Morgan fingerprint density at radius 3 is 2.60 bits per heavy atom. The minimum Gasteiger partial charge on any atom is -0.411 e. The van der Waals surface area contributed by atoms with E-state index >= 15 is 0 Å². The van der Waals surface area contributed by atoms with Gasteiger partial charge in [0.2, 0.25) is 5.89 Å². The summed E-state index contributed by atoms with van der Waals surface area (Å²) in [6.07, 6.45) is 0. The van der Waals surface area contributed by atoms with Crippen molar-refractivity contribution < 1.29 is 14.3 Å². The molecule has 1 aromatic carbocycles. The Balaban J connectivity index is 1.94. The molecular formula is C14H18N2O3S. The van der Waals surface area contributed by atoms with Crippen LogP contribution in [0.4, 0.5) is 0 Å². The third-order valence-corrected chi connectivity index (χ3v) is 3.35. The third kappa shape index (κ3) is 4.33. The first-order valence-electron chi connectivity index (χ1n) is 6.42. The number of aliphatic hydroxyl groups is 1. The first kappa shape index (κ1) is 15.0. The first-order chi connectivity index (χ1) is 9.69. The van der Waals surface area contributed by atoms with Crippen LogP contribution >= 0.6 is 11.8 Å². The molecule has 1 heterocycles. The highest BCUT2D eigenvalue weighted by Gasteiger charge is 2.09. The summed E-state index contributed by atoms with van der Waals surface area (Å²) in [5.41, 5.74) is 3.29. The first-order valence-corrected chi connectivity index (χ1v) is 7.41. The van der Waals surface area contributed by atoms with Crippen molar-refractivity contribution in [2.45, 2.75) is 19.1 Å².